The van der Waals surface area contributed by atoms with Crippen molar-refractivity contribution in [2.45, 2.75) is 10.8 Å². The molecule has 9 nitrogen and oxygen atoms in total. The first-order valence-corrected chi connectivity index (χ1v) is 16.7. The first-order chi connectivity index (χ1) is 25.0. The van der Waals surface area contributed by atoms with E-state index in [1.54, 1.807) is 24.3 Å². The summed E-state index contributed by atoms with van der Waals surface area (Å²) in [6.45, 7) is 0.129. The Hall–Kier alpha value is -6.35. The number of methoxy groups -OCH3 is 1. The van der Waals surface area contributed by atoms with Crippen LogP contribution >= 0.6 is 0 Å². The van der Waals surface area contributed by atoms with Gasteiger partial charge in [-0.1, -0.05) is 84.9 Å². The number of para-hydroxylation sites is 2. The van der Waals surface area contributed by atoms with Crippen molar-refractivity contribution in [1.82, 2.24) is 0 Å². The number of rotatable bonds is 6. The Labute approximate surface area is 292 Å². The molecule has 10 rings (SSSR count). The van der Waals surface area contributed by atoms with Gasteiger partial charge < -0.3 is 23.7 Å². The van der Waals surface area contributed by atoms with Gasteiger partial charge in [0, 0.05) is 0 Å². The quantitative estimate of drug-likeness (QED) is 0.192. The van der Waals surface area contributed by atoms with E-state index in [-0.39, 0.29) is 19.4 Å². The number of hydrogen-bond donors (Lipinski definition) is 0. The molecule has 3 heterocycles. The van der Waals surface area contributed by atoms with E-state index < -0.39 is 34.5 Å². The number of carbonyl (C=O) groups excluding carboxylic acids is 3. The van der Waals surface area contributed by atoms with Crippen molar-refractivity contribution in [2.75, 3.05) is 25.6 Å². The fraction of sp³-hybridized carbons (Fsp3) is 0.167. The molecule has 4 atom stereocenters. The van der Waals surface area contributed by atoms with E-state index in [1.165, 1.54) is 12.0 Å². The van der Waals surface area contributed by atoms with Crippen LogP contribution in [-0.2, 0) is 25.2 Å². The van der Waals surface area contributed by atoms with Crippen LogP contribution in [0, 0.1) is 11.8 Å². The maximum atomic E-state index is 16.2. The molecule has 5 aliphatic rings. The molecule has 1 saturated heterocycles. The lowest BCUT2D eigenvalue weighted by Crippen LogP contribution is -2.45. The molecule has 9 heteroatoms. The molecule has 51 heavy (non-hydrogen) atoms. The molecule has 2 amide bonds. The highest BCUT2D eigenvalue weighted by molar-refractivity contribution is 6.39. The number of ether oxygens (including phenoxy) is 5. The number of imide groups is 1. The fourth-order valence-electron chi connectivity index (χ4n) is 9.28. The van der Waals surface area contributed by atoms with Crippen molar-refractivity contribution in [1.29, 1.82) is 0 Å². The molecular formula is C42H29NO8. The lowest BCUT2D eigenvalue weighted by atomic mass is 9.59. The molecule has 250 valence electrons. The molecule has 0 aromatic heterocycles. The van der Waals surface area contributed by atoms with Gasteiger partial charge in [-0.05, 0) is 69.8 Å². The van der Waals surface area contributed by atoms with E-state index in [0.717, 1.165) is 0 Å². The maximum absolute atomic E-state index is 16.2. The first kappa shape index (κ1) is 29.6. The molecular weight excluding hydrogens is 646 g/mol. The summed E-state index contributed by atoms with van der Waals surface area (Å²) >= 11 is 0. The highest BCUT2D eigenvalue weighted by Gasteiger charge is 2.83. The predicted octanol–water partition coefficient (Wildman–Crippen LogP) is 6.34. The molecule has 1 saturated carbocycles. The van der Waals surface area contributed by atoms with Crippen LogP contribution in [0.2, 0.25) is 0 Å². The second-order valence-electron chi connectivity index (χ2n) is 13.2. The van der Waals surface area contributed by atoms with Crippen molar-refractivity contribution in [3.05, 3.63) is 144 Å². The molecule has 5 aromatic carbocycles. The monoisotopic (exact) mass is 675 g/mol. The minimum absolute atomic E-state index is 0.0646. The second-order valence-corrected chi connectivity index (χ2v) is 13.2. The van der Waals surface area contributed by atoms with E-state index >= 15 is 14.4 Å². The third-order valence-corrected chi connectivity index (χ3v) is 11.1. The van der Waals surface area contributed by atoms with Crippen LogP contribution in [0.25, 0.3) is 11.1 Å². The zero-order valence-electron chi connectivity index (χ0n) is 27.3. The SMILES string of the molecule is COc1ccccc1N1C(=O)[C@H]2[C@H](C1=O)[C@@]1(c3ccccc3)C(=O)[C@@]2(c2ccccc2)C(c2ccc3c(c2)OCO3)=C1c1ccc2c(c1)OCO2. The van der Waals surface area contributed by atoms with Crippen LogP contribution in [0.5, 0.6) is 28.7 Å². The van der Waals surface area contributed by atoms with E-state index in [9.17, 15) is 0 Å². The van der Waals surface area contributed by atoms with Gasteiger partial charge >= 0.3 is 0 Å². The van der Waals surface area contributed by atoms with Crippen LogP contribution in [0.1, 0.15) is 22.3 Å². The zero-order valence-corrected chi connectivity index (χ0v) is 27.3. The standard InChI is InChI=1S/C42H29NO8/c1-47-29-15-9-8-14-28(29)43-38(44)36-37(39(43)45)42(27-12-6-3-7-13-27)35(25-17-19-31-33(21-25)51-23-49-31)34(24-16-18-30-32(20-24)50-22-48-30)41(36,40(42)46)26-10-4-2-5-11-26/h2-21,36-37H,22-23H2,1H3/t36-,37-,41+,42+/m1/s1. The number of ketones is 1. The van der Waals surface area contributed by atoms with Gasteiger partial charge in [-0.3, -0.25) is 14.4 Å². The predicted molar refractivity (Wildman–Crippen MR) is 186 cm³/mol. The Kier molecular flexibility index (Phi) is 6.13. The fourth-order valence-corrected chi connectivity index (χ4v) is 9.28. The lowest BCUT2D eigenvalue weighted by molar-refractivity contribution is -0.130. The van der Waals surface area contributed by atoms with E-state index in [2.05, 4.69) is 0 Å². The van der Waals surface area contributed by atoms with E-state index in [4.69, 9.17) is 23.7 Å². The third kappa shape index (κ3) is 3.62. The maximum Gasteiger partial charge on any atom is 0.239 e. The summed E-state index contributed by atoms with van der Waals surface area (Å²) in [6.07, 6.45) is 0. The minimum Gasteiger partial charge on any atom is -0.495 e. The molecule has 0 unspecified atom stereocenters. The largest absolute Gasteiger partial charge is 0.495 e. The second kappa shape index (κ2) is 10.6. The number of anilines is 1. The first-order valence-electron chi connectivity index (χ1n) is 16.7. The number of allylic oxidation sites excluding steroid dienone is 2. The van der Waals surface area contributed by atoms with E-state index in [1.807, 2.05) is 97.1 Å². The Morgan fingerprint density at radius 3 is 1.51 bits per heavy atom. The molecule has 2 bridgehead atoms. The van der Waals surface area contributed by atoms with Crippen molar-refractivity contribution in [3.8, 4) is 28.7 Å². The summed E-state index contributed by atoms with van der Waals surface area (Å²) < 4.78 is 28.8. The van der Waals surface area contributed by atoms with Gasteiger partial charge in [0.05, 0.1) is 35.5 Å². The van der Waals surface area contributed by atoms with Gasteiger partial charge in [-0.2, -0.15) is 0 Å². The van der Waals surface area contributed by atoms with Crippen LogP contribution in [0.15, 0.2) is 121 Å². The lowest BCUT2D eigenvalue weighted by Gasteiger charge is -2.39. The Bertz CT molecular complexity index is 2210. The molecule has 0 spiro atoms. The third-order valence-electron chi connectivity index (χ3n) is 11.1. The van der Waals surface area contributed by atoms with Gasteiger partial charge in [-0.15, -0.1) is 0 Å². The number of hydrogen-bond acceptors (Lipinski definition) is 8. The normalized spacial score (nSPS) is 25.2. The van der Waals surface area contributed by atoms with Crippen molar-refractivity contribution < 1.29 is 38.1 Å². The van der Waals surface area contributed by atoms with Crippen LogP contribution in [0.3, 0.4) is 0 Å². The molecule has 2 aliphatic carbocycles. The average molecular weight is 676 g/mol. The van der Waals surface area contributed by atoms with Gasteiger partial charge in [0.1, 0.15) is 5.75 Å². The minimum atomic E-state index is -1.59. The van der Waals surface area contributed by atoms with Crippen LogP contribution in [-0.4, -0.2) is 38.3 Å². The highest BCUT2D eigenvalue weighted by atomic mass is 16.7. The summed E-state index contributed by atoms with van der Waals surface area (Å²) in [5.41, 5.74) is 0.996. The number of fused-ring (bicyclic) bond motifs is 7. The van der Waals surface area contributed by atoms with E-state index in [0.29, 0.717) is 67.8 Å². The van der Waals surface area contributed by atoms with Gasteiger partial charge in [-0.25, -0.2) is 4.90 Å². The number of amides is 2. The van der Waals surface area contributed by atoms with Crippen LogP contribution in [0.4, 0.5) is 5.69 Å². The summed E-state index contributed by atoms with van der Waals surface area (Å²) in [7, 11) is 1.51. The molecule has 5 aromatic rings. The molecule has 3 aliphatic heterocycles. The summed E-state index contributed by atoms with van der Waals surface area (Å²) in [5, 5.41) is 0. The number of benzene rings is 5. The van der Waals surface area contributed by atoms with Crippen LogP contribution < -0.4 is 28.6 Å². The van der Waals surface area contributed by atoms with Gasteiger partial charge in [0.2, 0.25) is 25.4 Å². The van der Waals surface area contributed by atoms with Gasteiger partial charge in [0.15, 0.2) is 28.8 Å². The van der Waals surface area contributed by atoms with Crippen molar-refractivity contribution in [2.24, 2.45) is 11.8 Å². The summed E-state index contributed by atoms with van der Waals surface area (Å²) in [4.78, 5) is 48.1. The Morgan fingerprint density at radius 1 is 0.569 bits per heavy atom. The molecule has 0 radical (unpaired) electrons. The van der Waals surface area contributed by atoms with Crippen molar-refractivity contribution >= 4 is 34.4 Å². The topological polar surface area (TPSA) is 101 Å². The smallest absolute Gasteiger partial charge is 0.239 e. The van der Waals surface area contributed by atoms with Crippen molar-refractivity contribution in [3.63, 3.8) is 0 Å². The summed E-state index contributed by atoms with van der Waals surface area (Å²) in [5.74, 6) is -0.762. The number of nitrogens with zero attached hydrogens (tertiary/aromatic N) is 1. The molecule has 0 N–H and O–H groups in total. The molecule has 2 fully saturated rings. The number of Topliss-reactive ketones (excluding diaryl/α,β-unsaturated/α-hetero) is 1. The van der Waals surface area contributed by atoms with Gasteiger partial charge in [0.25, 0.3) is 0 Å². The number of carbonyl (C=O) groups is 3. The Morgan fingerprint density at radius 2 is 1.02 bits per heavy atom. The Balaban J connectivity index is 1.37. The highest BCUT2D eigenvalue weighted by Crippen LogP contribution is 2.75. The zero-order chi connectivity index (χ0) is 34.5. The summed E-state index contributed by atoms with van der Waals surface area (Å²) in [6, 6.07) is 36.9. The average Bonchev–Trinajstić information content (AvgIpc) is 3.98.